The molecule has 1 aromatic rings. The van der Waals surface area contributed by atoms with Gasteiger partial charge in [-0.3, -0.25) is 9.59 Å². The van der Waals surface area contributed by atoms with E-state index in [1.807, 2.05) is 0 Å². The van der Waals surface area contributed by atoms with Gasteiger partial charge in [0.05, 0.1) is 22.8 Å². The topological polar surface area (TPSA) is 92.4 Å². The number of hydrogen-bond acceptors (Lipinski definition) is 4. The van der Waals surface area contributed by atoms with Crippen LogP contribution in [0.3, 0.4) is 0 Å². The molecule has 0 fully saturated rings. The van der Waals surface area contributed by atoms with Crippen molar-refractivity contribution in [1.29, 1.82) is 0 Å². The van der Waals surface area contributed by atoms with E-state index in [1.54, 1.807) is 19.1 Å². The highest BCUT2D eigenvalue weighted by Crippen LogP contribution is 2.26. The summed E-state index contributed by atoms with van der Waals surface area (Å²) in [6.45, 7) is 1.79. The highest BCUT2D eigenvalue weighted by molar-refractivity contribution is 7.16. The standard InChI is InChI=1S/C10H13ClN2O3S/c1-5(7-2-3-8(11)17-7)13-10(16)6(12)4-9(14)15/h2-3,5-6H,4,12H2,1H3,(H,13,16)(H,14,15). The molecule has 1 heterocycles. The second-order valence-corrected chi connectivity index (χ2v) is 5.32. The van der Waals surface area contributed by atoms with Gasteiger partial charge in [-0.1, -0.05) is 11.6 Å². The number of carboxylic acids is 1. The summed E-state index contributed by atoms with van der Waals surface area (Å²) >= 11 is 7.13. The van der Waals surface area contributed by atoms with Crippen molar-refractivity contribution in [3.05, 3.63) is 21.3 Å². The van der Waals surface area contributed by atoms with Gasteiger partial charge < -0.3 is 16.2 Å². The first-order chi connectivity index (χ1) is 7.90. The predicted molar refractivity (Wildman–Crippen MR) is 66.1 cm³/mol. The van der Waals surface area contributed by atoms with E-state index in [1.165, 1.54) is 11.3 Å². The molecule has 1 aromatic heterocycles. The van der Waals surface area contributed by atoms with E-state index in [-0.39, 0.29) is 12.5 Å². The lowest BCUT2D eigenvalue weighted by molar-refractivity contribution is -0.139. The summed E-state index contributed by atoms with van der Waals surface area (Å²) in [4.78, 5) is 22.8. The van der Waals surface area contributed by atoms with Crippen LogP contribution in [0.25, 0.3) is 0 Å². The van der Waals surface area contributed by atoms with E-state index in [4.69, 9.17) is 22.4 Å². The SMILES string of the molecule is CC(NC(=O)C(N)CC(=O)O)c1ccc(Cl)s1. The van der Waals surface area contributed by atoms with Crippen molar-refractivity contribution in [2.75, 3.05) is 0 Å². The maximum absolute atomic E-state index is 11.5. The minimum Gasteiger partial charge on any atom is -0.481 e. The Morgan fingerprint density at radius 3 is 2.71 bits per heavy atom. The van der Waals surface area contributed by atoms with Crippen LogP contribution in [0.5, 0.6) is 0 Å². The van der Waals surface area contributed by atoms with E-state index in [2.05, 4.69) is 5.32 Å². The Labute approximate surface area is 108 Å². The minimum absolute atomic E-state index is 0.236. The summed E-state index contributed by atoms with van der Waals surface area (Å²) < 4.78 is 0.635. The van der Waals surface area contributed by atoms with E-state index >= 15 is 0 Å². The highest BCUT2D eigenvalue weighted by atomic mass is 35.5. The molecule has 0 bridgehead atoms. The molecule has 2 atom stereocenters. The molecule has 0 spiro atoms. The summed E-state index contributed by atoms with van der Waals surface area (Å²) in [7, 11) is 0. The summed E-state index contributed by atoms with van der Waals surface area (Å²) in [5.41, 5.74) is 5.43. The van der Waals surface area contributed by atoms with Crippen molar-refractivity contribution in [3.8, 4) is 0 Å². The largest absolute Gasteiger partial charge is 0.481 e. The van der Waals surface area contributed by atoms with Gasteiger partial charge in [-0.25, -0.2) is 0 Å². The monoisotopic (exact) mass is 276 g/mol. The molecule has 17 heavy (non-hydrogen) atoms. The molecule has 5 nitrogen and oxygen atoms in total. The molecule has 94 valence electrons. The van der Waals surface area contributed by atoms with Crippen LogP contribution in [-0.4, -0.2) is 23.0 Å². The number of nitrogens with two attached hydrogens (primary N) is 1. The number of nitrogens with one attached hydrogen (secondary N) is 1. The lowest BCUT2D eigenvalue weighted by Gasteiger charge is -2.15. The van der Waals surface area contributed by atoms with Crippen molar-refractivity contribution >= 4 is 34.8 Å². The molecular weight excluding hydrogens is 264 g/mol. The van der Waals surface area contributed by atoms with Crippen molar-refractivity contribution < 1.29 is 14.7 Å². The van der Waals surface area contributed by atoms with Crippen LogP contribution < -0.4 is 11.1 Å². The Hall–Kier alpha value is -1.11. The van der Waals surface area contributed by atoms with Crippen molar-refractivity contribution in [2.24, 2.45) is 5.73 Å². The molecule has 4 N–H and O–H groups in total. The third-order valence-electron chi connectivity index (χ3n) is 2.11. The van der Waals surface area contributed by atoms with Crippen LogP contribution in [-0.2, 0) is 9.59 Å². The van der Waals surface area contributed by atoms with Crippen molar-refractivity contribution in [2.45, 2.75) is 25.4 Å². The number of hydrogen-bond donors (Lipinski definition) is 3. The number of rotatable bonds is 5. The van der Waals surface area contributed by atoms with Gasteiger partial charge in [0.15, 0.2) is 0 Å². The maximum Gasteiger partial charge on any atom is 0.305 e. The van der Waals surface area contributed by atoms with Crippen molar-refractivity contribution in [1.82, 2.24) is 5.32 Å². The molecule has 1 amide bonds. The Bertz CT molecular complexity index is 421. The number of amides is 1. The molecular formula is C10H13ClN2O3S. The van der Waals surface area contributed by atoms with E-state index in [0.29, 0.717) is 4.34 Å². The quantitative estimate of drug-likeness (QED) is 0.757. The molecule has 0 radical (unpaired) electrons. The van der Waals surface area contributed by atoms with Gasteiger partial charge >= 0.3 is 5.97 Å². The number of thiophene rings is 1. The zero-order chi connectivity index (χ0) is 13.0. The molecule has 7 heteroatoms. The summed E-state index contributed by atoms with van der Waals surface area (Å²) in [5.74, 6) is -1.58. The first-order valence-corrected chi connectivity index (χ1v) is 6.12. The van der Waals surface area contributed by atoms with E-state index in [9.17, 15) is 9.59 Å². The van der Waals surface area contributed by atoms with Gasteiger partial charge in [-0.15, -0.1) is 11.3 Å². The lowest BCUT2D eigenvalue weighted by atomic mass is 10.2. The van der Waals surface area contributed by atoms with Gasteiger partial charge in [0.1, 0.15) is 0 Å². The fraction of sp³-hybridized carbons (Fsp3) is 0.400. The Morgan fingerprint density at radius 2 is 2.24 bits per heavy atom. The summed E-state index contributed by atoms with van der Waals surface area (Å²) in [6.07, 6.45) is -0.385. The molecule has 0 aliphatic heterocycles. The second-order valence-electron chi connectivity index (χ2n) is 3.58. The average molecular weight is 277 g/mol. The van der Waals surface area contributed by atoms with Crippen molar-refractivity contribution in [3.63, 3.8) is 0 Å². The van der Waals surface area contributed by atoms with E-state index in [0.717, 1.165) is 4.88 Å². The van der Waals surface area contributed by atoms with Crippen LogP contribution in [0.1, 0.15) is 24.3 Å². The summed E-state index contributed by atoms with van der Waals surface area (Å²) in [5, 5.41) is 11.2. The number of carboxylic acid groups (broad SMARTS) is 1. The maximum atomic E-state index is 11.5. The molecule has 0 aliphatic carbocycles. The number of halogens is 1. The fourth-order valence-electron chi connectivity index (χ4n) is 1.23. The fourth-order valence-corrected chi connectivity index (χ4v) is 2.30. The third kappa shape index (κ3) is 4.33. The van der Waals surface area contributed by atoms with E-state index < -0.39 is 17.9 Å². The zero-order valence-electron chi connectivity index (χ0n) is 9.14. The number of aliphatic carboxylic acids is 1. The van der Waals surface area contributed by atoms with Crippen LogP contribution in [0.15, 0.2) is 12.1 Å². The zero-order valence-corrected chi connectivity index (χ0v) is 10.7. The van der Waals surface area contributed by atoms with Gasteiger partial charge in [0.2, 0.25) is 5.91 Å². The predicted octanol–water partition coefficient (Wildman–Crippen LogP) is 1.38. The molecule has 0 saturated carbocycles. The molecule has 0 aliphatic rings. The molecule has 2 unspecified atom stereocenters. The second kappa shape index (κ2) is 6.00. The Balaban J connectivity index is 2.53. The number of carbonyl (C=O) groups is 2. The Kier molecular flexibility index (Phi) is 4.92. The third-order valence-corrected chi connectivity index (χ3v) is 3.52. The highest BCUT2D eigenvalue weighted by Gasteiger charge is 2.19. The first-order valence-electron chi connectivity index (χ1n) is 4.93. The van der Waals surface area contributed by atoms with Gasteiger partial charge in [0, 0.05) is 4.88 Å². The van der Waals surface area contributed by atoms with Gasteiger partial charge in [-0.05, 0) is 19.1 Å². The molecule has 1 rings (SSSR count). The molecule has 0 aromatic carbocycles. The molecule has 0 saturated heterocycles. The number of carbonyl (C=O) groups excluding carboxylic acids is 1. The minimum atomic E-state index is -1.10. The Morgan fingerprint density at radius 1 is 1.59 bits per heavy atom. The van der Waals surface area contributed by atoms with Crippen LogP contribution in [0, 0.1) is 0 Å². The lowest BCUT2D eigenvalue weighted by Crippen LogP contribution is -2.42. The smallest absolute Gasteiger partial charge is 0.305 e. The summed E-state index contributed by atoms with van der Waals surface area (Å²) in [6, 6.07) is 2.27. The first kappa shape index (κ1) is 14.0. The normalized spacial score (nSPS) is 14.1. The van der Waals surface area contributed by atoms with Gasteiger partial charge in [0.25, 0.3) is 0 Å². The van der Waals surface area contributed by atoms with Crippen LogP contribution in [0.4, 0.5) is 0 Å². The average Bonchev–Trinajstić information content (AvgIpc) is 2.63. The van der Waals surface area contributed by atoms with Crippen LogP contribution >= 0.6 is 22.9 Å². The van der Waals surface area contributed by atoms with Gasteiger partial charge in [-0.2, -0.15) is 0 Å². The van der Waals surface area contributed by atoms with Crippen LogP contribution in [0.2, 0.25) is 4.34 Å².